The number of nitrogens with zero attached hydrogens (tertiary/aromatic N) is 1. The Hall–Kier alpha value is -2.31. The lowest BCUT2D eigenvalue weighted by atomic mass is 10.3. The number of anilines is 2. The van der Waals surface area contributed by atoms with Gasteiger partial charge in [0.25, 0.3) is 0 Å². The second kappa shape index (κ2) is 8.36. The molecule has 0 saturated heterocycles. The van der Waals surface area contributed by atoms with Gasteiger partial charge < -0.3 is 16.0 Å². The third-order valence-corrected chi connectivity index (χ3v) is 3.61. The van der Waals surface area contributed by atoms with E-state index in [0.717, 1.165) is 0 Å². The molecule has 0 bridgehead atoms. The second-order valence-electron chi connectivity index (χ2n) is 4.45. The fraction of sp³-hybridized carbons (Fsp3) is 0.133. The summed E-state index contributed by atoms with van der Waals surface area (Å²) >= 11 is 11.8. The van der Waals surface area contributed by atoms with Gasteiger partial charge in [0.05, 0.1) is 15.7 Å². The Bertz CT molecular complexity index is 695. The van der Waals surface area contributed by atoms with Crippen LogP contribution in [0.25, 0.3) is 0 Å². The zero-order chi connectivity index (χ0) is 16.7. The number of rotatable bonds is 5. The molecule has 0 radical (unpaired) electrons. The summed E-state index contributed by atoms with van der Waals surface area (Å²) in [7, 11) is 0. The number of pyridine rings is 1. The molecule has 0 aliphatic rings. The summed E-state index contributed by atoms with van der Waals surface area (Å²) in [6, 6.07) is 10.2. The fourth-order valence-electron chi connectivity index (χ4n) is 1.69. The number of carbonyl (C=O) groups excluding carboxylic acids is 2. The van der Waals surface area contributed by atoms with Gasteiger partial charge in [-0.15, -0.1) is 0 Å². The summed E-state index contributed by atoms with van der Waals surface area (Å²) in [6.07, 6.45) is 1.66. The molecule has 6 nitrogen and oxygen atoms in total. The van der Waals surface area contributed by atoms with E-state index < -0.39 is 11.8 Å². The van der Waals surface area contributed by atoms with Crippen molar-refractivity contribution in [2.45, 2.75) is 0 Å². The quantitative estimate of drug-likeness (QED) is 0.570. The molecule has 0 aliphatic heterocycles. The lowest BCUT2D eigenvalue weighted by Crippen LogP contribution is -2.37. The Kier molecular flexibility index (Phi) is 6.19. The van der Waals surface area contributed by atoms with Gasteiger partial charge in [0.2, 0.25) is 0 Å². The molecular formula is C15H14Cl2N4O2. The van der Waals surface area contributed by atoms with Crippen LogP contribution in [-0.4, -0.2) is 29.9 Å². The Morgan fingerprint density at radius 1 is 1.00 bits per heavy atom. The molecule has 2 amide bonds. The molecule has 0 unspecified atom stereocenters. The van der Waals surface area contributed by atoms with E-state index in [4.69, 9.17) is 23.2 Å². The second-order valence-corrected chi connectivity index (χ2v) is 5.24. The number of hydrogen-bond acceptors (Lipinski definition) is 4. The molecule has 0 aliphatic carbocycles. The van der Waals surface area contributed by atoms with Gasteiger partial charge >= 0.3 is 11.8 Å². The molecule has 1 aromatic carbocycles. The number of halogens is 2. The summed E-state index contributed by atoms with van der Waals surface area (Å²) in [6.45, 7) is 0.708. The van der Waals surface area contributed by atoms with E-state index in [-0.39, 0.29) is 17.3 Å². The highest BCUT2D eigenvalue weighted by molar-refractivity contribution is 6.45. The number of amides is 2. The molecule has 3 N–H and O–H groups in total. The van der Waals surface area contributed by atoms with Crippen LogP contribution in [0, 0.1) is 0 Å². The van der Waals surface area contributed by atoms with E-state index >= 15 is 0 Å². The zero-order valence-corrected chi connectivity index (χ0v) is 13.5. The van der Waals surface area contributed by atoms with E-state index in [1.54, 1.807) is 36.5 Å². The summed E-state index contributed by atoms with van der Waals surface area (Å²) in [5.74, 6) is -0.882. The highest BCUT2D eigenvalue weighted by atomic mass is 35.5. The number of aromatic nitrogens is 1. The maximum absolute atomic E-state index is 11.8. The molecule has 2 rings (SSSR count). The van der Waals surface area contributed by atoms with Gasteiger partial charge in [0, 0.05) is 19.3 Å². The first-order valence-electron chi connectivity index (χ1n) is 6.76. The minimum atomic E-state index is -0.813. The SMILES string of the molecule is O=C(NCCNc1ccccn1)C(=O)Nc1cccc(Cl)c1Cl. The van der Waals surface area contributed by atoms with Crippen LogP contribution in [0.5, 0.6) is 0 Å². The number of carbonyl (C=O) groups is 2. The molecule has 2 aromatic rings. The van der Waals surface area contributed by atoms with Crippen molar-refractivity contribution in [1.82, 2.24) is 10.3 Å². The van der Waals surface area contributed by atoms with Crippen molar-refractivity contribution in [3.05, 3.63) is 52.6 Å². The molecule has 0 fully saturated rings. The maximum atomic E-state index is 11.8. The molecule has 8 heteroatoms. The third-order valence-electron chi connectivity index (χ3n) is 2.79. The molecule has 1 heterocycles. The lowest BCUT2D eigenvalue weighted by molar-refractivity contribution is -0.136. The summed E-state index contributed by atoms with van der Waals surface area (Å²) in [5, 5.41) is 8.39. The smallest absolute Gasteiger partial charge is 0.313 e. The number of hydrogen-bond donors (Lipinski definition) is 3. The molecule has 120 valence electrons. The van der Waals surface area contributed by atoms with Crippen molar-refractivity contribution in [1.29, 1.82) is 0 Å². The summed E-state index contributed by atoms with van der Waals surface area (Å²) in [5.41, 5.74) is 0.283. The van der Waals surface area contributed by atoms with Crippen LogP contribution in [-0.2, 0) is 9.59 Å². The monoisotopic (exact) mass is 352 g/mol. The number of nitrogens with one attached hydrogen (secondary N) is 3. The zero-order valence-electron chi connectivity index (χ0n) is 12.0. The van der Waals surface area contributed by atoms with Gasteiger partial charge in [-0.3, -0.25) is 9.59 Å². The standard InChI is InChI=1S/C15H14Cl2N4O2/c16-10-4-3-5-11(13(10)17)21-15(23)14(22)20-9-8-19-12-6-1-2-7-18-12/h1-7H,8-9H2,(H,18,19)(H,20,22)(H,21,23). The van der Waals surface area contributed by atoms with Crippen LogP contribution >= 0.6 is 23.2 Å². The van der Waals surface area contributed by atoms with E-state index in [1.165, 1.54) is 0 Å². The normalized spacial score (nSPS) is 10.0. The van der Waals surface area contributed by atoms with Gasteiger partial charge in [-0.05, 0) is 24.3 Å². The van der Waals surface area contributed by atoms with Crippen molar-refractivity contribution >= 4 is 46.5 Å². The van der Waals surface area contributed by atoms with Crippen LogP contribution in [0.2, 0.25) is 10.0 Å². The largest absolute Gasteiger partial charge is 0.368 e. The topological polar surface area (TPSA) is 83.1 Å². The minimum Gasteiger partial charge on any atom is -0.368 e. The predicted octanol–water partition coefficient (Wildman–Crippen LogP) is 2.56. The molecule has 0 atom stereocenters. The van der Waals surface area contributed by atoms with Crippen molar-refractivity contribution in [3.8, 4) is 0 Å². The average Bonchev–Trinajstić information content (AvgIpc) is 2.56. The predicted molar refractivity (Wildman–Crippen MR) is 90.8 cm³/mol. The van der Waals surface area contributed by atoms with Crippen molar-refractivity contribution in [2.75, 3.05) is 23.7 Å². The first kappa shape index (κ1) is 17.1. The average molecular weight is 353 g/mol. The summed E-state index contributed by atoms with van der Waals surface area (Å²) < 4.78 is 0. The summed E-state index contributed by atoms with van der Waals surface area (Å²) in [4.78, 5) is 27.6. The van der Waals surface area contributed by atoms with Gasteiger partial charge in [0.15, 0.2) is 0 Å². The van der Waals surface area contributed by atoms with Crippen molar-refractivity contribution in [3.63, 3.8) is 0 Å². The van der Waals surface area contributed by atoms with Crippen LogP contribution in [0.1, 0.15) is 0 Å². The molecule has 1 aromatic heterocycles. The fourth-order valence-corrected chi connectivity index (χ4v) is 2.04. The molecule has 0 saturated carbocycles. The molecule has 23 heavy (non-hydrogen) atoms. The van der Waals surface area contributed by atoms with Gasteiger partial charge in [0.1, 0.15) is 5.82 Å². The number of benzene rings is 1. The Balaban J connectivity index is 1.77. The van der Waals surface area contributed by atoms with Crippen molar-refractivity contribution in [2.24, 2.45) is 0 Å². The van der Waals surface area contributed by atoms with E-state index in [9.17, 15) is 9.59 Å². The van der Waals surface area contributed by atoms with Gasteiger partial charge in [-0.2, -0.15) is 0 Å². The first-order valence-corrected chi connectivity index (χ1v) is 7.51. The van der Waals surface area contributed by atoms with Gasteiger partial charge in [-0.25, -0.2) is 4.98 Å². The van der Waals surface area contributed by atoms with Crippen LogP contribution in [0.3, 0.4) is 0 Å². The third kappa shape index (κ3) is 5.12. The highest BCUT2D eigenvalue weighted by Gasteiger charge is 2.15. The van der Waals surface area contributed by atoms with E-state index in [0.29, 0.717) is 17.4 Å². The van der Waals surface area contributed by atoms with E-state index in [1.807, 2.05) is 6.07 Å². The van der Waals surface area contributed by atoms with Crippen LogP contribution < -0.4 is 16.0 Å². The Morgan fingerprint density at radius 2 is 1.83 bits per heavy atom. The Morgan fingerprint density at radius 3 is 2.57 bits per heavy atom. The Labute approximate surface area is 143 Å². The van der Waals surface area contributed by atoms with Crippen LogP contribution in [0.15, 0.2) is 42.6 Å². The molecular weight excluding hydrogens is 339 g/mol. The van der Waals surface area contributed by atoms with E-state index in [2.05, 4.69) is 20.9 Å². The minimum absolute atomic E-state index is 0.187. The van der Waals surface area contributed by atoms with Gasteiger partial charge in [-0.1, -0.05) is 35.3 Å². The maximum Gasteiger partial charge on any atom is 0.313 e. The molecule has 0 spiro atoms. The highest BCUT2D eigenvalue weighted by Crippen LogP contribution is 2.29. The van der Waals surface area contributed by atoms with Crippen LogP contribution in [0.4, 0.5) is 11.5 Å². The lowest BCUT2D eigenvalue weighted by Gasteiger charge is -2.09. The first-order chi connectivity index (χ1) is 11.1. The van der Waals surface area contributed by atoms with Crippen molar-refractivity contribution < 1.29 is 9.59 Å².